The zero-order valence-electron chi connectivity index (χ0n) is 10.2. The third-order valence-electron chi connectivity index (χ3n) is 2.92. The number of carbonyl (C=O) groups excluding carboxylic acids is 1. The number of rotatable bonds is 3. The molecule has 0 amide bonds. The molecule has 0 radical (unpaired) electrons. The number of hydrogen-bond acceptors (Lipinski definition) is 2. The Labute approximate surface area is 96.6 Å². The van der Waals surface area contributed by atoms with E-state index in [9.17, 15) is 4.79 Å². The molecule has 0 saturated carbocycles. The molecule has 0 N–H and O–H groups in total. The topological polar surface area (TPSA) is 26.3 Å². The van der Waals surface area contributed by atoms with Crippen LogP contribution in [0.1, 0.15) is 38.3 Å². The molecule has 2 rings (SSSR count). The summed E-state index contributed by atoms with van der Waals surface area (Å²) in [5, 5.41) is 0. The van der Waals surface area contributed by atoms with Crippen molar-refractivity contribution in [3.05, 3.63) is 29.3 Å². The van der Waals surface area contributed by atoms with Gasteiger partial charge in [0.2, 0.25) is 0 Å². The minimum Gasteiger partial charge on any atom is -0.487 e. The van der Waals surface area contributed by atoms with Gasteiger partial charge in [0.1, 0.15) is 17.1 Å². The second-order valence-electron chi connectivity index (χ2n) is 5.15. The third-order valence-corrected chi connectivity index (χ3v) is 2.92. The number of benzene rings is 1. The lowest BCUT2D eigenvalue weighted by atomic mass is 9.99. The van der Waals surface area contributed by atoms with Crippen molar-refractivity contribution in [3.8, 4) is 5.75 Å². The van der Waals surface area contributed by atoms with Crippen LogP contribution in [0.25, 0.3) is 0 Å². The van der Waals surface area contributed by atoms with Crippen molar-refractivity contribution in [1.82, 2.24) is 0 Å². The summed E-state index contributed by atoms with van der Waals surface area (Å²) >= 11 is 0. The predicted octanol–water partition coefficient (Wildman–Crippen LogP) is 2.92. The molecule has 0 aliphatic carbocycles. The zero-order valence-corrected chi connectivity index (χ0v) is 10.2. The van der Waals surface area contributed by atoms with Crippen LogP contribution in [0.4, 0.5) is 0 Å². The molecular weight excluding hydrogens is 200 g/mol. The van der Waals surface area contributed by atoms with Crippen LogP contribution in [0.3, 0.4) is 0 Å². The van der Waals surface area contributed by atoms with E-state index in [2.05, 4.69) is 32.0 Å². The number of carbonyl (C=O) groups is 1. The molecule has 0 unspecified atom stereocenters. The minimum atomic E-state index is -0.103. The molecule has 0 bridgehead atoms. The number of para-hydroxylation sites is 1. The van der Waals surface area contributed by atoms with Gasteiger partial charge < -0.3 is 9.53 Å². The average molecular weight is 218 g/mol. The van der Waals surface area contributed by atoms with Gasteiger partial charge in [-0.2, -0.15) is 0 Å². The lowest BCUT2D eigenvalue weighted by Crippen LogP contribution is -2.24. The number of aryl methyl sites for hydroxylation is 1. The summed E-state index contributed by atoms with van der Waals surface area (Å²) in [7, 11) is 0. The number of hydrogen-bond donors (Lipinski definition) is 0. The first-order chi connectivity index (χ1) is 7.48. The summed E-state index contributed by atoms with van der Waals surface area (Å²) in [6.07, 6.45) is 2.34. The Kier molecular flexibility index (Phi) is 2.75. The van der Waals surface area contributed by atoms with Crippen LogP contribution in [-0.2, 0) is 17.6 Å². The molecular formula is C14H18O2. The first-order valence-corrected chi connectivity index (χ1v) is 5.77. The lowest BCUT2D eigenvalue weighted by Gasteiger charge is -2.18. The van der Waals surface area contributed by atoms with Gasteiger partial charge in [-0.15, -0.1) is 0 Å². The number of Topliss-reactive ketones (excluding diaryl/α,β-unsaturated/α-hetero) is 1. The second-order valence-corrected chi connectivity index (χ2v) is 5.15. The van der Waals surface area contributed by atoms with Crippen LogP contribution in [0, 0.1) is 0 Å². The summed E-state index contributed by atoms with van der Waals surface area (Å²) in [4.78, 5) is 11.0. The highest BCUT2D eigenvalue weighted by atomic mass is 16.5. The van der Waals surface area contributed by atoms with Crippen LogP contribution in [0.5, 0.6) is 5.75 Å². The normalized spacial score (nSPS) is 16.7. The number of fused-ring (bicyclic) bond motifs is 1. The maximum absolute atomic E-state index is 11.0. The largest absolute Gasteiger partial charge is 0.487 e. The molecule has 16 heavy (non-hydrogen) atoms. The third kappa shape index (κ3) is 2.26. The van der Waals surface area contributed by atoms with Gasteiger partial charge >= 0.3 is 0 Å². The molecule has 0 atom stereocenters. The van der Waals surface area contributed by atoms with Gasteiger partial charge in [0.25, 0.3) is 0 Å². The maximum Gasteiger partial charge on any atom is 0.130 e. The Bertz CT molecular complexity index is 419. The van der Waals surface area contributed by atoms with Crippen molar-refractivity contribution < 1.29 is 9.53 Å². The van der Waals surface area contributed by atoms with Crippen LogP contribution >= 0.6 is 0 Å². The standard InChI is InChI=1S/C14H18O2/c1-10(15)7-8-11-5-4-6-12-9-14(2,3)16-13(11)12/h4-6H,7-9H2,1-3H3. The van der Waals surface area contributed by atoms with Gasteiger partial charge in [-0.25, -0.2) is 0 Å². The van der Waals surface area contributed by atoms with Gasteiger partial charge in [-0.05, 0) is 38.3 Å². The lowest BCUT2D eigenvalue weighted by molar-refractivity contribution is -0.116. The first-order valence-electron chi connectivity index (χ1n) is 5.77. The fourth-order valence-electron chi connectivity index (χ4n) is 2.19. The molecule has 2 heteroatoms. The van der Waals surface area contributed by atoms with Crippen LogP contribution < -0.4 is 4.74 Å². The van der Waals surface area contributed by atoms with Gasteiger partial charge in [0.15, 0.2) is 0 Å². The molecule has 2 nitrogen and oxygen atoms in total. The van der Waals surface area contributed by atoms with Crippen molar-refractivity contribution in [3.63, 3.8) is 0 Å². The molecule has 1 aromatic carbocycles. The molecule has 0 aromatic heterocycles. The molecule has 0 spiro atoms. The van der Waals surface area contributed by atoms with E-state index in [4.69, 9.17) is 4.74 Å². The maximum atomic E-state index is 11.0. The summed E-state index contributed by atoms with van der Waals surface area (Å²) in [6.45, 7) is 5.83. The monoisotopic (exact) mass is 218 g/mol. The highest BCUT2D eigenvalue weighted by molar-refractivity contribution is 5.75. The SMILES string of the molecule is CC(=O)CCc1cccc2c1OC(C)(C)C2. The Balaban J connectivity index is 2.23. The first kappa shape index (κ1) is 11.2. The highest BCUT2D eigenvalue weighted by Gasteiger charge is 2.31. The Morgan fingerprint density at radius 2 is 2.19 bits per heavy atom. The number of ketones is 1. The fraction of sp³-hybridized carbons (Fsp3) is 0.500. The molecule has 1 aromatic rings. The highest BCUT2D eigenvalue weighted by Crippen LogP contribution is 2.37. The van der Waals surface area contributed by atoms with E-state index in [0.29, 0.717) is 6.42 Å². The van der Waals surface area contributed by atoms with Crippen LogP contribution in [0.2, 0.25) is 0 Å². The van der Waals surface area contributed by atoms with Crippen LogP contribution in [-0.4, -0.2) is 11.4 Å². The van der Waals surface area contributed by atoms with Gasteiger partial charge in [-0.3, -0.25) is 0 Å². The summed E-state index contributed by atoms with van der Waals surface area (Å²) in [6, 6.07) is 6.23. The van der Waals surface area contributed by atoms with Crippen molar-refractivity contribution in [2.45, 2.75) is 45.6 Å². The minimum absolute atomic E-state index is 0.103. The van der Waals surface area contributed by atoms with E-state index >= 15 is 0 Å². The molecule has 0 saturated heterocycles. The average Bonchev–Trinajstić information content (AvgIpc) is 2.48. The Morgan fingerprint density at radius 3 is 2.88 bits per heavy atom. The smallest absolute Gasteiger partial charge is 0.130 e. The Morgan fingerprint density at radius 1 is 1.44 bits per heavy atom. The van der Waals surface area contributed by atoms with E-state index in [-0.39, 0.29) is 11.4 Å². The van der Waals surface area contributed by atoms with Crippen molar-refractivity contribution >= 4 is 5.78 Å². The zero-order chi connectivity index (χ0) is 11.8. The Hall–Kier alpha value is -1.31. The van der Waals surface area contributed by atoms with E-state index in [1.54, 1.807) is 6.92 Å². The van der Waals surface area contributed by atoms with Gasteiger partial charge in [0.05, 0.1) is 0 Å². The summed E-state index contributed by atoms with van der Waals surface area (Å²) in [5.74, 6) is 1.24. The summed E-state index contributed by atoms with van der Waals surface area (Å²) in [5.41, 5.74) is 2.33. The van der Waals surface area contributed by atoms with Crippen LogP contribution in [0.15, 0.2) is 18.2 Å². The second kappa shape index (κ2) is 3.93. The van der Waals surface area contributed by atoms with E-state index in [1.165, 1.54) is 11.1 Å². The van der Waals surface area contributed by atoms with E-state index < -0.39 is 0 Å². The fourth-order valence-corrected chi connectivity index (χ4v) is 2.19. The molecule has 1 heterocycles. The van der Waals surface area contributed by atoms with Gasteiger partial charge in [-0.1, -0.05) is 18.2 Å². The predicted molar refractivity (Wildman–Crippen MR) is 63.9 cm³/mol. The summed E-state index contributed by atoms with van der Waals surface area (Å²) < 4.78 is 5.95. The van der Waals surface area contributed by atoms with Gasteiger partial charge in [0, 0.05) is 12.8 Å². The van der Waals surface area contributed by atoms with Crippen molar-refractivity contribution in [1.29, 1.82) is 0 Å². The number of ether oxygens (including phenoxy) is 1. The molecule has 1 aliphatic rings. The molecule has 1 aliphatic heterocycles. The molecule has 0 fully saturated rings. The van der Waals surface area contributed by atoms with E-state index in [1.807, 2.05) is 0 Å². The van der Waals surface area contributed by atoms with E-state index in [0.717, 1.165) is 18.6 Å². The van der Waals surface area contributed by atoms with Crippen molar-refractivity contribution in [2.24, 2.45) is 0 Å². The quantitative estimate of drug-likeness (QED) is 0.779. The molecule has 86 valence electrons. The van der Waals surface area contributed by atoms with Crippen molar-refractivity contribution in [2.75, 3.05) is 0 Å².